The molecule has 1 fully saturated rings. The van der Waals surface area contributed by atoms with Gasteiger partial charge in [0.05, 0.1) is 7.11 Å². The van der Waals surface area contributed by atoms with E-state index in [-0.39, 0.29) is 5.92 Å². The number of carbonyl (C=O) groups excluding carboxylic acids is 1. The molecule has 4 heteroatoms. The minimum atomic E-state index is -1.16. The molecule has 4 nitrogen and oxygen atoms in total. The molecule has 1 aliphatic carbocycles. The fourth-order valence-electron chi connectivity index (χ4n) is 2.05. The zero-order valence-electron chi connectivity index (χ0n) is 8.61. The minimum Gasteiger partial charge on any atom is -0.467 e. The van der Waals surface area contributed by atoms with E-state index in [2.05, 4.69) is 4.74 Å². The second-order valence-electron chi connectivity index (χ2n) is 3.94. The third kappa shape index (κ3) is 2.69. The number of hydrogen-bond acceptors (Lipinski definition) is 4. The first kappa shape index (κ1) is 11.5. The maximum atomic E-state index is 11.0. The van der Waals surface area contributed by atoms with Crippen LogP contribution in [0.2, 0.25) is 0 Å². The highest BCUT2D eigenvalue weighted by molar-refractivity contribution is 5.75. The van der Waals surface area contributed by atoms with Crippen LogP contribution in [-0.4, -0.2) is 30.3 Å². The molecule has 0 saturated heterocycles. The van der Waals surface area contributed by atoms with Gasteiger partial charge in [-0.1, -0.05) is 19.3 Å². The molecular weight excluding hydrogens is 182 g/mol. The van der Waals surface area contributed by atoms with Gasteiger partial charge in [0.1, 0.15) is 0 Å². The highest BCUT2D eigenvalue weighted by Gasteiger charge is 2.31. The normalized spacial score (nSPS) is 22.8. The number of hydrogen-bond donors (Lipinski definition) is 2. The third-order valence-electron chi connectivity index (χ3n) is 3.00. The van der Waals surface area contributed by atoms with Crippen LogP contribution in [0.1, 0.15) is 32.1 Å². The summed E-state index contributed by atoms with van der Waals surface area (Å²) in [5, 5.41) is 9.54. The van der Waals surface area contributed by atoms with Crippen LogP contribution in [0, 0.1) is 5.92 Å². The fraction of sp³-hybridized carbons (Fsp3) is 0.900. The van der Waals surface area contributed by atoms with Crippen molar-refractivity contribution in [2.45, 2.75) is 44.2 Å². The monoisotopic (exact) mass is 201 g/mol. The summed E-state index contributed by atoms with van der Waals surface area (Å²) in [5.41, 5.74) is 5.82. The predicted molar refractivity (Wildman–Crippen MR) is 52.6 cm³/mol. The van der Waals surface area contributed by atoms with Gasteiger partial charge in [-0.25, -0.2) is 4.79 Å². The smallest absolute Gasteiger partial charge is 0.336 e. The molecule has 0 aromatic carbocycles. The van der Waals surface area contributed by atoms with E-state index in [9.17, 15) is 9.90 Å². The Labute approximate surface area is 84.4 Å². The van der Waals surface area contributed by atoms with Crippen molar-refractivity contribution in [1.82, 2.24) is 0 Å². The second-order valence-corrected chi connectivity index (χ2v) is 3.94. The number of nitrogens with two attached hydrogens (primary N) is 1. The number of aliphatic hydroxyl groups is 1. The van der Waals surface area contributed by atoms with Crippen molar-refractivity contribution in [2.24, 2.45) is 11.7 Å². The molecule has 0 heterocycles. The van der Waals surface area contributed by atoms with E-state index in [1.54, 1.807) is 0 Å². The van der Waals surface area contributed by atoms with E-state index in [4.69, 9.17) is 5.73 Å². The first-order valence-corrected chi connectivity index (χ1v) is 5.18. The van der Waals surface area contributed by atoms with Crippen LogP contribution in [0.4, 0.5) is 0 Å². The molecule has 1 unspecified atom stereocenters. The van der Waals surface area contributed by atoms with Crippen molar-refractivity contribution in [3.63, 3.8) is 0 Å². The Bertz CT molecular complexity index is 190. The Morgan fingerprint density at radius 3 is 2.50 bits per heavy atom. The van der Waals surface area contributed by atoms with Crippen LogP contribution in [0.3, 0.4) is 0 Å². The average Bonchev–Trinajstić information content (AvgIpc) is 2.27. The number of carbonyl (C=O) groups is 1. The molecule has 1 aliphatic rings. The third-order valence-corrected chi connectivity index (χ3v) is 3.00. The van der Waals surface area contributed by atoms with Crippen molar-refractivity contribution in [1.29, 1.82) is 0 Å². The van der Waals surface area contributed by atoms with Crippen LogP contribution < -0.4 is 5.73 Å². The number of ether oxygens (including phenoxy) is 1. The Morgan fingerprint density at radius 1 is 1.43 bits per heavy atom. The van der Waals surface area contributed by atoms with Crippen molar-refractivity contribution in [3.8, 4) is 0 Å². The lowest BCUT2D eigenvalue weighted by Gasteiger charge is -2.29. The molecule has 0 amide bonds. The van der Waals surface area contributed by atoms with Crippen molar-refractivity contribution >= 4 is 5.97 Å². The summed E-state index contributed by atoms with van der Waals surface area (Å²) in [7, 11) is 1.26. The highest BCUT2D eigenvalue weighted by Crippen LogP contribution is 2.26. The molecule has 0 spiro atoms. The summed E-state index contributed by atoms with van der Waals surface area (Å²) < 4.78 is 4.46. The highest BCUT2D eigenvalue weighted by atomic mass is 16.5. The molecule has 1 saturated carbocycles. The summed E-state index contributed by atoms with van der Waals surface area (Å²) in [4.78, 5) is 11.0. The summed E-state index contributed by atoms with van der Waals surface area (Å²) in [6.07, 6.45) is 4.38. The van der Waals surface area contributed by atoms with Gasteiger partial charge in [0.2, 0.25) is 0 Å². The van der Waals surface area contributed by atoms with Gasteiger partial charge >= 0.3 is 5.97 Å². The topological polar surface area (TPSA) is 72.5 Å². The Balaban J connectivity index is 2.45. The summed E-state index contributed by atoms with van der Waals surface area (Å²) in [5.74, 6) is -0.360. The van der Waals surface area contributed by atoms with Gasteiger partial charge in [-0.2, -0.15) is 0 Å². The molecule has 14 heavy (non-hydrogen) atoms. The molecule has 0 bridgehead atoms. The molecule has 82 valence electrons. The van der Waals surface area contributed by atoms with E-state index in [1.165, 1.54) is 13.5 Å². The van der Waals surface area contributed by atoms with Gasteiger partial charge in [0.15, 0.2) is 6.10 Å². The largest absolute Gasteiger partial charge is 0.467 e. The Hall–Kier alpha value is -0.610. The van der Waals surface area contributed by atoms with E-state index in [1.807, 2.05) is 0 Å². The van der Waals surface area contributed by atoms with E-state index in [0.717, 1.165) is 25.7 Å². The lowest BCUT2D eigenvalue weighted by Crippen LogP contribution is -2.46. The van der Waals surface area contributed by atoms with Crippen molar-refractivity contribution < 1.29 is 14.6 Å². The van der Waals surface area contributed by atoms with Gasteiger partial charge in [0.25, 0.3) is 0 Å². The van der Waals surface area contributed by atoms with Gasteiger partial charge in [-0.05, 0) is 18.8 Å². The SMILES string of the molecule is COC(=O)[C@H](O)C(N)C1CCCCC1. The van der Waals surface area contributed by atoms with Crippen LogP contribution in [0.15, 0.2) is 0 Å². The first-order chi connectivity index (χ1) is 6.66. The maximum Gasteiger partial charge on any atom is 0.336 e. The van der Waals surface area contributed by atoms with Crippen LogP contribution in [0.25, 0.3) is 0 Å². The zero-order chi connectivity index (χ0) is 10.6. The van der Waals surface area contributed by atoms with Crippen molar-refractivity contribution in [3.05, 3.63) is 0 Å². The number of rotatable bonds is 3. The zero-order valence-corrected chi connectivity index (χ0v) is 8.61. The molecule has 0 aromatic heterocycles. The molecule has 0 radical (unpaired) electrons. The van der Waals surface area contributed by atoms with Crippen LogP contribution >= 0.6 is 0 Å². The quantitative estimate of drug-likeness (QED) is 0.649. The molecule has 3 N–H and O–H groups in total. The van der Waals surface area contributed by atoms with Crippen molar-refractivity contribution in [2.75, 3.05) is 7.11 Å². The Kier molecular flexibility index (Phi) is 4.35. The predicted octanol–water partition coefficient (Wildman–Crippen LogP) is 0.428. The molecule has 0 aromatic rings. The minimum absolute atomic E-state index is 0.262. The Morgan fingerprint density at radius 2 is 2.00 bits per heavy atom. The van der Waals surface area contributed by atoms with E-state index >= 15 is 0 Å². The van der Waals surface area contributed by atoms with Gasteiger partial charge < -0.3 is 15.6 Å². The first-order valence-electron chi connectivity index (χ1n) is 5.18. The number of aliphatic hydroxyl groups excluding tert-OH is 1. The maximum absolute atomic E-state index is 11.0. The van der Waals surface area contributed by atoms with Crippen LogP contribution in [0.5, 0.6) is 0 Å². The van der Waals surface area contributed by atoms with Gasteiger partial charge in [-0.3, -0.25) is 0 Å². The fourth-order valence-corrected chi connectivity index (χ4v) is 2.05. The lowest BCUT2D eigenvalue weighted by atomic mass is 9.82. The number of esters is 1. The van der Waals surface area contributed by atoms with E-state index in [0.29, 0.717) is 0 Å². The molecular formula is C10H19NO3. The average molecular weight is 201 g/mol. The molecule has 0 aliphatic heterocycles. The van der Waals surface area contributed by atoms with Crippen LogP contribution in [-0.2, 0) is 9.53 Å². The second kappa shape index (κ2) is 5.32. The summed E-state index contributed by atoms with van der Waals surface area (Å²) in [6.45, 7) is 0. The lowest BCUT2D eigenvalue weighted by molar-refractivity contribution is -0.152. The van der Waals surface area contributed by atoms with Gasteiger partial charge in [-0.15, -0.1) is 0 Å². The summed E-state index contributed by atoms with van der Waals surface area (Å²) in [6, 6.07) is -0.470. The molecule has 1 rings (SSSR count). The standard InChI is InChI=1S/C10H19NO3/c1-14-10(13)9(12)8(11)7-5-3-2-4-6-7/h7-9,12H,2-6,11H2,1H3/t8?,9-/m1/s1. The van der Waals surface area contributed by atoms with Gasteiger partial charge in [0, 0.05) is 6.04 Å². The summed E-state index contributed by atoms with van der Waals surface area (Å²) >= 11 is 0. The number of methoxy groups -OCH3 is 1. The van der Waals surface area contributed by atoms with E-state index < -0.39 is 18.1 Å². The molecule has 2 atom stereocenters.